The van der Waals surface area contributed by atoms with E-state index in [0.29, 0.717) is 24.7 Å². The molecular formula is C18H32IN3O4. The first-order valence-electron chi connectivity index (χ1n) is 8.69. The van der Waals surface area contributed by atoms with Crippen molar-refractivity contribution in [3.63, 3.8) is 0 Å². The Balaban J connectivity index is 0.00000625. The van der Waals surface area contributed by atoms with Gasteiger partial charge in [0.05, 0.1) is 13.7 Å². The minimum atomic E-state index is -1.10. The van der Waals surface area contributed by atoms with E-state index in [1.54, 1.807) is 6.92 Å². The van der Waals surface area contributed by atoms with Crippen LogP contribution in [0.2, 0.25) is 0 Å². The molecule has 0 bridgehead atoms. The van der Waals surface area contributed by atoms with E-state index in [9.17, 15) is 9.90 Å². The highest BCUT2D eigenvalue weighted by molar-refractivity contribution is 14.0. The van der Waals surface area contributed by atoms with Gasteiger partial charge in [0.15, 0.2) is 5.96 Å². The van der Waals surface area contributed by atoms with Crippen LogP contribution >= 0.6 is 24.0 Å². The second-order valence-electron chi connectivity index (χ2n) is 6.26. The second-order valence-corrected chi connectivity index (χ2v) is 6.26. The standard InChI is InChI=1S/C18H31N3O4.HI/c1-6-19-17(20-10-8-7-9-16(22)24-5)21-12-18(4,23)15-11-13(2)25-14(15)3;/h11,23H,6-10,12H2,1-5H3,(H2,19,20,21);1H. The number of aryl methyl sites for hydroxylation is 2. The van der Waals surface area contributed by atoms with E-state index in [0.717, 1.165) is 30.7 Å². The highest BCUT2D eigenvalue weighted by Gasteiger charge is 2.27. The number of hydrogen-bond acceptors (Lipinski definition) is 5. The number of nitrogens with zero attached hydrogens (tertiary/aromatic N) is 1. The van der Waals surface area contributed by atoms with Crippen molar-refractivity contribution in [3.05, 3.63) is 23.2 Å². The van der Waals surface area contributed by atoms with E-state index >= 15 is 0 Å². The number of hydrogen-bond donors (Lipinski definition) is 3. The molecule has 0 aliphatic rings. The molecule has 0 radical (unpaired) electrons. The minimum Gasteiger partial charge on any atom is -0.469 e. The lowest BCUT2D eigenvalue weighted by Crippen LogP contribution is -2.39. The predicted octanol–water partition coefficient (Wildman–Crippen LogP) is 2.62. The molecule has 0 amide bonds. The molecule has 0 aromatic carbocycles. The second kappa shape index (κ2) is 12.2. The number of carbonyl (C=O) groups excluding carboxylic acids is 1. The first-order valence-corrected chi connectivity index (χ1v) is 8.69. The SMILES string of the molecule is CCNC(=NCC(C)(O)c1cc(C)oc1C)NCCCCC(=O)OC.I. The first-order chi connectivity index (χ1) is 11.8. The zero-order valence-corrected chi connectivity index (χ0v) is 18.7. The molecule has 3 N–H and O–H groups in total. The van der Waals surface area contributed by atoms with Crippen molar-refractivity contribution in [2.24, 2.45) is 4.99 Å². The Bertz CT molecular complexity index is 585. The Hall–Kier alpha value is -1.29. The number of nitrogens with one attached hydrogen (secondary N) is 2. The highest BCUT2D eigenvalue weighted by atomic mass is 127. The number of methoxy groups -OCH3 is 1. The summed E-state index contributed by atoms with van der Waals surface area (Å²) in [4.78, 5) is 15.5. The van der Waals surface area contributed by atoms with Crippen molar-refractivity contribution < 1.29 is 19.1 Å². The third-order valence-corrected chi connectivity index (χ3v) is 3.84. The predicted molar refractivity (Wildman–Crippen MR) is 113 cm³/mol. The van der Waals surface area contributed by atoms with Crippen molar-refractivity contribution in [2.45, 2.75) is 52.6 Å². The van der Waals surface area contributed by atoms with Gasteiger partial charge in [0.1, 0.15) is 17.1 Å². The number of rotatable bonds is 9. The zero-order valence-electron chi connectivity index (χ0n) is 16.3. The maximum absolute atomic E-state index is 11.1. The van der Waals surface area contributed by atoms with Gasteiger partial charge in [0.2, 0.25) is 0 Å². The Kier molecular flexibility index (Phi) is 11.6. The Labute approximate surface area is 173 Å². The summed E-state index contributed by atoms with van der Waals surface area (Å²) < 4.78 is 10.1. The van der Waals surface area contributed by atoms with Gasteiger partial charge in [-0.15, -0.1) is 24.0 Å². The molecule has 8 heteroatoms. The molecule has 0 saturated carbocycles. The fourth-order valence-corrected chi connectivity index (χ4v) is 2.53. The molecule has 1 rings (SSSR count). The Morgan fingerprint density at radius 2 is 2.04 bits per heavy atom. The Morgan fingerprint density at radius 3 is 2.58 bits per heavy atom. The average Bonchev–Trinajstić information content (AvgIpc) is 2.91. The normalized spacial score (nSPS) is 13.5. The van der Waals surface area contributed by atoms with Gasteiger partial charge in [-0.1, -0.05) is 0 Å². The quantitative estimate of drug-likeness (QED) is 0.165. The van der Waals surface area contributed by atoms with Crippen molar-refractivity contribution >= 4 is 35.9 Å². The number of ether oxygens (including phenoxy) is 1. The van der Waals surface area contributed by atoms with Gasteiger partial charge in [-0.25, -0.2) is 4.99 Å². The van der Waals surface area contributed by atoms with E-state index < -0.39 is 5.60 Å². The van der Waals surface area contributed by atoms with Crippen LogP contribution in [0.4, 0.5) is 0 Å². The fourth-order valence-electron chi connectivity index (χ4n) is 2.53. The third kappa shape index (κ3) is 8.39. The molecule has 0 saturated heterocycles. The summed E-state index contributed by atoms with van der Waals surface area (Å²) in [5.74, 6) is 1.92. The van der Waals surface area contributed by atoms with E-state index in [1.165, 1.54) is 7.11 Å². The summed E-state index contributed by atoms with van der Waals surface area (Å²) in [6.07, 6.45) is 2.00. The van der Waals surface area contributed by atoms with E-state index in [4.69, 9.17) is 4.42 Å². The molecule has 150 valence electrons. The third-order valence-electron chi connectivity index (χ3n) is 3.84. The first kappa shape index (κ1) is 24.7. The number of aliphatic hydroxyl groups is 1. The summed E-state index contributed by atoms with van der Waals surface area (Å²) in [6, 6.07) is 1.85. The van der Waals surface area contributed by atoms with E-state index in [-0.39, 0.29) is 36.5 Å². The van der Waals surface area contributed by atoms with Crippen molar-refractivity contribution in [1.82, 2.24) is 10.6 Å². The van der Waals surface area contributed by atoms with Gasteiger partial charge in [0, 0.05) is 25.1 Å². The van der Waals surface area contributed by atoms with Crippen LogP contribution in [0, 0.1) is 13.8 Å². The lowest BCUT2D eigenvalue weighted by atomic mass is 9.96. The van der Waals surface area contributed by atoms with Crippen LogP contribution in [0.15, 0.2) is 15.5 Å². The lowest BCUT2D eigenvalue weighted by Gasteiger charge is -2.21. The molecular weight excluding hydrogens is 449 g/mol. The molecule has 1 atom stereocenters. The number of guanidine groups is 1. The molecule has 0 aliphatic heterocycles. The number of furan rings is 1. The van der Waals surface area contributed by atoms with Crippen LogP contribution in [0.25, 0.3) is 0 Å². The smallest absolute Gasteiger partial charge is 0.305 e. The highest BCUT2D eigenvalue weighted by Crippen LogP contribution is 2.27. The summed E-state index contributed by atoms with van der Waals surface area (Å²) in [5.41, 5.74) is -0.350. The number of unbranched alkanes of at least 4 members (excludes halogenated alkanes) is 1. The number of aliphatic imine (C=N–C) groups is 1. The maximum Gasteiger partial charge on any atom is 0.305 e. The van der Waals surface area contributed by atoms with Crippen LogP contribution in [-0.4, -0.2) is 43.8 Å². The monoisotopic (exact) mass is 481 g/mol. The van der Waals surface area contributed by atoms with Crippen LogP contribution in [-0.2, 0) is 15.1 Å². The number of esters is 1. The van der Waals surface area contributed by atoms with Gasteiger partial charge in [-0.05, 0) is 46.6 Å². The lowest BCUT2D eigenvalue weighted by molar-refractivity contribution is -0.140. The zero-order chi connectivity index (χ0) is 18.9. The number of carbonyl (C=O) groups is 1. The largest absolute Gasteiger partial charge is 0.469 e. The molecule has 26 heavy (non-hydrogen) atoms. The van der Waals surface area contributed by atoms with Crippen LogP contribution < -0.4 is 10.6 Å². The van der Waals surface area contributed by atoms with Gasteiger partial charge < -0.3 is 24.9 Å². The number of halogens is 1. The molecule has 0 spiro atoms. The van der Waals surface area contributed by atoms with E-state index in [2.05, 4.69) is 20.4 Å². The van der Waals surface area contributed by atoms with Crippen LogP contribution in [0.3, 0.4) is 0 Å². The maximum atomic E-state index is 11.1. The molecule has 0 fully saturated rings. The summed E-state index contributed by atoms with van der Waals surface area (Å²) in [5, 5.41) is 17.1. The molecule has 1 unspecified atom stereocenters. The summed E-state index contributed by atoms with van der Waals surface area (Å²) in [7, 11) is 1.39. The minimum absolute atomic E-state index is 0. The molecule has 0 aliphatic carbocycles. The van der Waals surface area contributed by atoms with Crippen molar-refractivity contribution in [3.8, 4) is 0 Å². The Morgan fingerprint density at radius 1 is 1.35 bits per heavy atom. The molecule has 1 aromatic rings. The van der Waals surface area contributed by atoms with Crippen molar-refractivity contribution in [2.75, 3.05) is 26.7 Å². The molecule has 7 nitrogen and oxygen atoms in total. The molecule has 1 heterocycles. The summed E-state index contributed by atoms with van der Waals surface area (Å²) >= 11 is 0. The molecule has 1 aromatic heterocycles. The van der Waals surface area contributed by atoms with Gasteiger partial charge in [-0.2, -0.15) is 0 Å². The van der Waals surface area contributed by atoms with Gasteiger partial charge in [0.25, 0.3) is 0 Å². The fraction of sp³-hybridized carbons (Fsp3) is 0.667. The van der Waals surface area contributed by atoms with E-state index in [1.807, 2.05) is 26.8 Å². The average molecular weight is 481 g/mol. The van der Waals surface area contributed by atoms with Gasteiger partial charge >= 0.3 is 5.97 Å². The van der Waals surface area contributed by atoms with Crippen LogP contribution in [0.5, 0.6) is 0 Å². The summed E-state index contributed by atoms with van der Waals surface area (Å²) in [6.45, 7) is 9.03. The van der Waals surface area contributed by atoms with Crippen molar-refractivity contribution in [1.29, 1.82) is 0 Å². The van der Waals surface area contributed by atoms with Crippen LogP contribution in [0.1, 0.15) is 50.2 Å². The topological polar surface area (TPSA) is 96.1 Å². The van der Waals surface area contributed by atoms with Gasteiger partial charge in [-0.3, -0.25) is 4.79 Å².